The van der Waals surface area contributed by atoms with Crippen LogP contribution in [-0.2, 0) is 27.3 Å². The number of hydrogen-bond acceptors (Lipinski definition) is 5. The van der Waals surface area contributed by atoms with Gasteiger partial charge in [-0.05, 0) is 17.7 Å². The maximum absolute atomic E-state index is 12.1. The molecule has 0 saturated heterocycles. The van der Waals surface area contributed by atoms with Gasteiger partial charge in [0.1, 0.15) is 0 Å². The SMILES string of the molecule is CN(Cc1ccc(Cl)cc1)C(=O)COC(=O)Cc1cn2ccsc2n1. The third kappa shape index (κ3) is 4.58. The maximum Gasteiger partial charge on any atom is 0.312 e. The Labute approximate surface area is 153 Å². The number of aromatic nitrogens is 2. The van der Waals surface area contributed by atoms with Gasteiger partial charge in [-0.25, -0.2) is 4.98 Å². The van der Waals surface area contributed by atoms with E-state index in [4.69, 9.17) is 16.3 Å². The summed E-state index contributed by atoms with van der Waals surface area (Å²) in [6.45, 7) is 0.135. The summed E-state index contributed by atoms with van der Waals surface area (Å²) >= 11 is 7.33. The number of carbonyl (C=O) groups excluding carboxylic acids is 2. The molecule has 1 amide bonds. The number of halogens is 1. The zero-order valence-electron chi connectivity index (χ0n) is 13.5. The minimum atomic E-state index is -0.473. The predicted octanol–water partition coefficient (Wildman–Crippen LogP) is 2.79. The minimum absolute atomic E-state index is 0.0442. The van der Waals surface area contributed by atoms with Crippen LogP contribution in [0.5, 0.6) is 0 Å². The number of benzene rings is 1. The number of thiazole rings is 1. The molecule has 130 valence electrons. The Balaban J connectivity index is 1.46. The maximum atomic E-state index is 12.1. The second kappa shape index (κ2) is 7.67. The Morgan fingerprint density at radius 1 is 1.32 bits per heavy atom. The van der Waals surface area contributed by atoms with Crippen molar-refractivity contribution in [3.63, 3.8) is 0 Å². The van der Waals surface area contributed by atoms with Gasteiger partial charge in [0.2, 0.25) is 0 Å². The first-order valence-corrected chi connectivity index (χ1v) is 8.82. The number of carbonyl (C=O) groups is 2. The molecule has 6 nitrogen and oxygen atoms in total. The topological polar surface area (TPSA) is 63.9 Å². The zero-order chi connectivity index (χ0) is 17.8. The van der Waals surface area contributed by atoms with Crippen LogP contribution in [0.15, 0.2) is 42.0 Å². The van der Waals surface area contributed by atoms with E-state index in [1.54, 1.807) is 25.4 Å². The van der Waals surface area contributed by atoms with Crippen LogP contribution in [-0.4, -0.2) is 39.8 Å². The molecule has 0 bridgehead atoms. The summed E-state index contributed by atoms with van der Waals surface area (Å²) < 4.78 is 6.91. The molecule has 1 aromatic carbocycles. The number of amides is 1. The van der Waals surface area contributed by atoms with Crippen molar-refractivity contribution in [1.29, 1.82) is 0 Å². The lowest BCUT2D eigenvalue weighted by atomic mass is 10.2. The fourth-order valence-electron chi connectivity index (χ4n) is 2.26. The number of fused-ring (bicyclic) bond motifs is 1. The first-order valence-electron chi connectivity index (χ1n) is 7.56. The van der Waals surface area contributed by atoms with E-state index in [-0.39, 0.29) is 18.9 Å². The van der Waals surface area contributed by atoms with Crippen molar-refractivity contribution in [2.24, 2.45) is 0 Å². The molecule has 3 aromatic rings. The Hall–Kier alpha value is -2.38. The van der Waals surface area contributed by atoms with Crippen molar-refractivity contribution in [1.82, 2.24) is 14.3 Å². The number of esters is 1. The van der Waals surface area contributed by atoms with Crippen LogP contribution in [0.25, 0.3) is 4.96 Å². The van der Waals surface area contributed by atoms with Gasteiger partial charge in [0.05, 0.1) is 12.1 Å². The van der Waals surface area contributed by atoms with Crippen molar-refractivity contribution in [3.8, 4) is 0 Å². The molecule has 3 rings (SSSR count). The van der Waals surface area contributed by atoms with E-state index in [9.17, 15) is 9.59 Å². The van der Waals surface area contributed by atoms with Gasteiger partial charge in [-0.1, -0.05) is 23.7 Å². The van der Waals surface area contributed by atoms with E-state index in [2.05, 4.69) is 4.98 Å². The van der Waals surface area contributed by atoms with Crippen LogP contribution in [0, 0.1) is 0 Å². The molecule has 0 radical (unpaired) electrons. The summed E-state index contributed by atoms with van der Waals surface area (Å²) in [6.07, 6.45) is 3.70. The van der Waals surface area contributed by atoms with Crippen LogP contribution >= 0.6 is 22.9 Å². The third-order valence-electron chi connectivity index (χ3n) is 3.58. The minimum Gasteiger partial charge on any atom is -0.455 e. The van der Waals surface area contributed by atoms with Gasteiger partial charge in [-0.3, -0.25) is 14.0 Å². The molecule has 0 aliphatic rings. The Morgan fingerprint density at radius 3 is 2.80 bits per heavy atom. The van der Waals surface area contributed by atoms with Crippen molar-refractivity contribution < 1.29 is 14.3 Å². The quantitative estimate of drug-likeness (QED) is 0.620. The Kier molecular flexibility index (Phi) is 5.35. The highest BCUT2D eigenvalue weighted by Gasteiger charge is 2.14. The predicted molar refractivity (Wildman–Crippen MR) is 95.7 cm³/mol. The van der Waals surface area contributed by atoms with Gasteiger partial charge < -0.3 is 9.64 Å². The van der Waals surface area contributed by atoms with Crippen LogP contribution in [0.4, 0.5) is 0 Å². The van der Waals surface area contributed by atoms with E-state index in [0.717, 1.165) is 10.5 Å². The van der Waals surface area contributed by atoms with Crippen LogP contribution in [0.3, 0.4) is 0 Å². The van der Waals surface area contributed by atoms with E-state index in [1.807, 2.05) is 28.1 Å². The second-order valence-corrected chi connectivity index (χ2v) is 6.85. The van der Waals surface area contributed by atoms with Crippen molar-refractivity contribution in [3.05, 3.63) is 58.3 Å². The van der Waals surface area contributed by atoms with Crippen LogP contribution in [0.2, 0.25) is 5.02 Å². The molecule has 2 heterocycles. The molecule has 8 heteroatoms. The average molecular weight is 378 g/mol. The number of ether oxygens (including phenoxy) is 1. The molecule has 0 fully saturated rings. The molecular formula is C17H16ClN3O3S. The molecule has 0 N–H and O–H groups in total. The fourth-order valence-corrected chi connectivity index (χ4v) is 3.11. The lowest BCUT2D eigenvalue weighted by Gasteiger charge is -2.17. The van der Waals surface area contributed by atoms with Gasteiger partial charge in [0.25, 0.3) is 5.91 Å². The average Bonchev–Trinajstić information content (AvgIpc) is 3.16. The summed E-state index contributed by atoms with van der Waals surface area (Å²) in [6, 6.07) is 7.24. The molecule has 0 aliphatic heterocycles. The summed E-state index contributed by atoms with van der Waals surface area (Å²) in [4.78, 5) is 30.6. The standard InChI is InChI=1S/C17H16ClN3O3S/c1-20(9-12-2-4-13(18)5-3-12)15(22)11-24-16(23)8-14-10-21-6-7-25-17(21)19-14/h2-7,10H,8-9,11H2,1H3. The van der Waals surface area contributed by atoms with E-state index < -0.39 is 5.97 Å². The normalized spacial score (nSPS) is 10.8. The highest BCUT2D eigenvalue weighted by atomic mass is 35.5. The lowest BCUT2D eigenvalue weighted by Crippen LogP contribution is -2.31. The van der Waals surface area contributed by atoms with E-state index in [0.29, 0.717) is 17.3 Å². The molecule has 2 aromatic heterocycles. The molecule has 0 spiro atoms. The highest BCUT2D eigenvalue weighted by Crippen LogP contribution is 2.12. The Bertz CT molecular complexity index is 860. The van der Waals surface area contributed by atoms with E-state index in [1.165, 1.54) is 16.2 Å². The first kappa shape index (κ1) is 17.4. The summed E-state index contributed by atoms with van der Waals surface area (Å²) in [5, 5.41) is 2.56. The molecule has 0 unspecified atom stereocenters. The smallest absolute Gasteiger partial charge is 0.312 e. The van der Waals surface area contributed by atoms with E-state index >= 15 is 0 Å². The summed E-state index contributed by atoms with van der Waals surface area (Å²) in [5.41, 5.74) is 1.57. The largest absolute Gasteiger partial charge is 0.455 e. The number of hydrogen-bond donors (Lipinski definition) is 0. The monoisotopic (exact) mass is 377 g/mol. The highest BCUT2D eigenvalue weighted by molar-refractivity contribution is 7.15. The summed E-state index contributed by atoms with van der Waals surface area (Å²) in [7, 11) is 1.66. The lowest BCUT2D eigenvalue weighted by molar-refractivity contribution is -0.151. The number of imidazole rings is 1. The van der Waals surface area contributed by atoms with Gasteiger partial charge >= 0.3 is 5.97 Å². The molecule has 0 saturated carbocycles. The van der Waals surface area contributed by atoms with Crippen LogP contribution in [0.1, 0.15) is 11.3 Å². The molecule has 0 atom stereocenters. The summed E-state index contributed by atoms with van der Waals surface area (Å²) in [5.74, 6) is -0.742. The first-order chi connectivity index (χ1) is 12.0. The van der Waals surface area contributed by atoms with Gasteiger partial charge in [-0.15, -0.1) is 11.3 Å². The number of nitrogens with zero attached hydrogens (tertiary/aromatic N) is 3. The zero-order valence-corrected chi connectivity index (χ0v) is 15.1. The van der Waals surface area contributed by atoms with Gasteiger partial charge in [0, 0.05) is 36.4 Å². The third-order valence-corrected chi connectivity index (χ3v) is 4.61. The molecular weight excluding hydrogens is 362 g/mol. The van der Waals surface area contributed by atoms with Crippen molar-refractivity contribution in [2.75, 3.05) is 13.7 Å². The number of likely N-dealkylation sites (N-methyl/N-ethyl adjacent to an activating group) is 1. The van der Waals surface area contributed by atoms with Gasteiger partial charge in [-0.2, -0.15) is 0 Å². The Morgan fingerprint density at radius 2 is 2.08 bits per heavy atom. The fraction of sp³-hybridized carbons (Fsp3) is 0.235. The molecule has 25 heavy (non-hydrogen) atoms. The second-order valence-electron chi connectivity index (χ2n) is 5.54. The van der Waals surface area contributed by atoms with Crippen LogP contribution < -0.4 is 0 Å². The van der Waals surface area contributed by atoms with Gasteiger partial charge in [0.15, 0.2) is 11.6 Å². The molecule has 0 aliphatic carbocycles. The number of rotatable bonds is 6. The van der Waals surface area contributed by atoms with Crippen molar-refractivity contribution in [2.45, 2.75) is 13.0 Å². The van der Waals surface area contributed by atoms with Crippen molar-refractivity contribution >= 4 is 39.8 Å².